The second-order valence-corrected chi connectivity index (χ2v) is 10.4. The molecule has 2 heterocycles. The molecule has 0 fully saturated rings. The second kappa shape index (κ2) is 10.1. The third kappa shape index (κ3) is 6.28. The molecule has 0 bridgehead atoms. The Kier molecular flexibility index (Phi) is 7.74. The zero-order valence-corrected chi connectivity index (χ0v) is 22.3. The van der Waals surface area contributed by atoms with Gasteiger partial charge in [-0.3, -0.25) is 0 Å². The summed E-state index contributed by atoms with van der Waals surface area (Å²) in [5, 5.41) is 4.65. The summed E-state index contributed by atoms with van der Waals surface area (Å²) >= 11 is 3.08. The Balaban J connectivity index is 2.13. The zero-order chi connectivity index (χ0) is 26.1. The minimum atomic E-state index is -4.48. The van der Waals surface area contributed by atoms with Crippen LogP contribution in [0, 0.1) is 10.5 Å². The van der Waals surface area contributed by atoms with Crippen molar-refractivity contribution < 1.29 is 32.2 Å². The number of rotatable bonds is 5. The summed E-state index contributed by atoms with van der Waals surface area (Å²) < 4.78 is 51.2. The van der Waals surface area contributed by atoms with E-state index in [-0.39, 0.29) is 10.8 Å². The molecule has 0 saturated carbocycles. The van der Waals surface area contributed by atoms with Crippen LogP contribution in [0.25, 0.3) is 22.5 Å². The fourth-order valence-electron chi connectivity index (χ4n) is 2.95. The van der Waals surface area contributed by atoms with Gasteiger partial charge in [-0.15, -0.1) is 0 Å². The van der Waals surface area contributed by atoms with Crippen molar-refractivity contribution in [3.63, 3.8) is 0 Å². The molecule has 0 amide bonds. The van der Waals surface area contributed by atoms with Crippen molar-refractivity contribution in [2.45, 2.75) is 39.5 Å². The van der Waals surface area contributed by atoms with E-state index >= 15 is 0 Å². The minimum Gasteiger partial charge on any atom is -0.464 e. The van der Waals surface area contributed by atoms with Crippen molar-refractivity contribution in [1.82, 2.24) is 14.8 Å². The highest BCUT2D eigenvalue weighted by Gasteiger charge is 2.30. The number of aryl methyl sites for hydroxylation is 1. The van der Waals surface area contributed by atoms with Gasteiger partial charge in [0.2, 0.25) is 5.13 Å². The largest absolute Gasteiger partial charge is 0.464 e. The normalized spacial score (nSPS) is 12.3. The van der Waals surface area contributed by atoms with Gasteiger partial charge in [-0.05, 0) is 68.5 Å². The van der Waals surface area contributed by atoms with Crippen molar-refractivity contribution in [3.8, 4) is 16.4 Å². The average Bonchev–Trinajstić information content (AvgIpc) is 3.31. The number of nitrogens with zero attached hydrogens (tertiary/aromatic N) is 3. The molecule has 0 aliphatic rings. The van der Waals surface area contributed by atoms with E-state index in [2.05, 4.69) is 10.1 Å². The van der Waals surface area contributed by atoms with Gasteiger partial charge in [0.05, 0.1) is 32.5 Å². The van der Waals surface area contributed by atoms with E-state index in [0.29, 0.717) is 25.4 Å². The number of alkyl halides is 3. The Hall–Kier alpha value is -2.74. The summed E-state index contributed by atoms with van der Waals surface area (Å²) in [5.41, 5.74) is -0.0492. The van der Waals surface area contributed by atoms with Gasteiger partial charge < -0.3 is 9.47 Å². The van der Waals surface area contributed by atoms with Crippen LogP contribution < -0.4 is 0 Å². The molecule has 7 nitrogen and oxygen atoms in total. The van der Waals surface area contributed by atoms with Crippen LogP contribution >= 0.6 is 33.9 Å². The fourth-order valence-corrected chi connectivity index (χ4v) is 4.45. The smallest absolute Gasteiger partial charge is 0.416 e. The van der Waals surface area contributed by atoms with Gasteiger partial charge in [0.15, 0.2) is 5.69 Å². The Morgan fingerprint density at radius 3 is 2.31 bits per heavy atom. The summed E-state index contributed by atoms with van der Waals surface area (Å²) in [6.07, 6.45) is -1.79. The molecule has 3 rings (SSSR count). The minimum absolute atomic E-state index is 0.168. The number of methoxy groups -OCH3 is 1. The first-order chi connectivity index (χ1) is 16.2. The molecule has 0 unspecified atom stereocenters. The molecule has 1 aromatic carbocycles. The first-order valence-electron chi connectivity index (χ1n) is 10.1. The highest BCUT2D eigenvalue weighted by atomic mass is 127. The maximum atomic E-state index is 13.0. The summed E-state index contributed by atoms with van der Waals surface area (Å²) in [4.78, 5) is 29.6. The van der Waals surface area contributed by atoms with E-state index in [1.165, 1.54) is 36.1 Å². The van der Waals surface area contributed by atoms with Crippen LogP contribution in [0.2, 0.25) is 0 Å². The first-order valence-corrected chi connectivity index (χ1v) is 12.0. The summed E-state index contributed by atoms with van der Waals surface area (Å²) in [6, 6.07) is 4.50. The van der Waals surface area contributed by atoms with E-state index in [1.807, 2.05) is 22.6 Å². The van der Waals surface area contributed by atoms with E-state index in [0.717, 1.165) is 23.5 Å². The monoisotopic (exact) mass is 619 g/mol. The van der Waals surface area contributed by atoms with Gasteiger partial charge >= 0.3 is 18.1 Å². The lowest BCUT2D eigenvalue weighted by molar-refractivity contribution is -0.148. The van der Waals surface area contributed by atoms with Crippen LogP contribution in [0.3, 0.4) is 0 Å². The van der Waals surface area contributed by atoms with Crippen LogP contribution in [-0.2, 0) is 20.4 Å². The van der Waals surface area contributed by atoms with E-state index in [1.54, 1.807) is 27.7 Å². The summed E-state index contributed by atoms with van der Waals surface area (Å²) in [5.74, 6) is -1.21. The molecule has 0 radical (unpaired) electrons. The molecule has 186 valence electrons. The molecular weight excluding hydrogens is 598 g/mol. The van der Waals surface area contributed by atoms with Gasteiger partial charge in [0, 0.05) is 11.6 Å². The number of aromatic nitrogens is 3. The molecule has 0 N–H and O–H groups in total. The fraction of sp³-hybridized carbons (Fsp3) is 0.304. The topological polar surface area (TPSA) is 83.3 Å². The predicted molar refractivity (Wildman–Crippen MR) is 133 cm³/mol. The maximum Gasteiger partial charge on any atom is 0.416 e. The molecule has 35 heavy (non-hydrogen) atoms. The van der Waals surface area contributed by atoms with E-state index in [4.69, 9.17) is 9.47 Å². The molecule has 12 heteroatoms. The molecule has 0 spiro atoms. The van der Waals surface area contributed by atoms with Gasteiger partial charge in [-0.25, -0.2) is 14.6 Å². The standard InChI is InChI=1S/C23H21F3IN3O4S/c1-12-17(27)19(20(32)33-5)30(29-12)21-28-18(13-6-8-14(9-7-13)23(24,25)26)15(35-21)10-11-16(31)34-22(2,3)4/h6-11H,1-5H3/b11-10+. The molecule has 0 saturated heterocycles. The number of thiazole rings is 1. The number of carbonyl (C=O) groups is 2. The third-order valence-corrected chi connectivity index (χ3v) is 6.74. The Morgan fingerprint density at radius 1 is 1.14 bits per heavy atom. The van der Waals surface area contributed by atoms with Crippen LogP contribution in [0.5, 0.6) is 0 Å². The van der Waals surface area contributed by atoms with E-state index in [9.17, 15) is 22.8 Å². The second-order valence-electron chi connectivity index (χ2n) is 8.30. The van der Waals surface area contributed by atoms with Crippen LogP contribution in [0.4, 0.5) is 13.2 Å². The molecule has 0 aliphatic heterocycles. The molecular formula is C23H21F3IN3O4S. The van der Waals surface area contributed by atoms with Gasteiger partial charge in [-0.1, -0.05) is 23.5 Å². The number of esters is 2. The van der Waals surface area contributed by atoms with Crippen LogP contribution in [-0.4, -0.2) is 39.4 Å². The highest BCUT2D eigenvalue weighted by Crippen LogP contribution is 2.35. The van der Waals surface area contributed by atoms with E-state index < -0.39 is 29.3 Å². The number of carbonyl (C=O) groups excluding carboxylic acids is 2. The van der Waals surface area contributed by atoms with Gasteiger partial charge in [0.25, 0.3) is 0 Å². The third-order valence-electron chi connectivity index (χ3n) is 4.45. The number of hydrogen-bond acceptors (Lipinski definition) is 7. The van der Waals surface area contributed by atoms with Crippen molar-refractivity contribution in [1.29, 1.82) is 0 Å². The summed E-state index contributed by atoms with van der Waals surface area (Å²) in [6.45, 7) is 6.91. The van der Waals surface area contributed by atoms with Gasteiger partial charge in [0.1, 0.15) is 5.60 Å². The number of benzene rings is 1. The number of hydrogen-bond donors (Lipinski definition) is 0. The Labute approximate surface area is 217 Å². The van der Waals surface area contributed by atoms with Crippen molar-refractivity contribution in [2.24, 2.45) is 0 Å². The highest BCUT2D eigenvalue weighted by molar-refractivity contribution is 14.1. The SMILES string of the molecule is COC(=O)c1c(I)c(C)nn1-c1nc(-c2ccc(C(F)(F)F)cc2)c(/C=C/C(=O)OC(C)(C)C)s1. The molecule has 3 aromatic rings. The zero-order valence-electron chi connectivity index (χ0n) is 19.4. The molecule has 2 aromatic heterocycles. The average molecular weight is 619 g/mol. The van der Waals surface area contributed by atoms with Crippen molar-refractivity contribution >= 4 is 51.9 Å². The lowest BCUT2D eigenvalue weighted by Gasteiger charge is -2.17. The van der Waals surface area contributed by atoms with Crippen LogP contribution in [0.1, 0.15) is 47.4 Å². The lowest BCUT2D eigenvalue weighted by Crippen LogP contribution is -2.22. The quantitative estimate of drug-likeness (QED) is 0.196. The van der Waals surface area contributed by atoms with Gasteiger partial charge in [-0.2, -0.15) is 23.0 Å². The Bertz CT molecular complexity index is 1290. The number of halogens is 4. The lowest BCUT2D eigenvalue weighted by atomic mass is 10.1. The number of ether oxygens (including phenoxy) is 2. The van der Waals surface area contributed by atoms with Crippen molar-refractivity contribution in [2.75, 3.05) is 7.11 Å². The molecule has 0 aliphatic carbocycles. The summed E-state index contributed by atoms with van der Waals surface area (Å²) in [7, 11) is 1.25. The molecule has 0 atom stereocenters. The maximum absolute atomic E-state index is 13.0. The van der Waals surface area contributed by atoms with Crippen molar-refractivity contribution in [3.05, 3.63) is 55.7 Å². The predicted octanol–water partition coefficient (Wildman–Crippen LogP) is 6.07. The first kappa shape index (κ1) is 26.9. The van der Waals surface area contributed by atoms with Crippen LogP contribution in [0.15, 0.2) is 30.3 Å². The Morgan fingerprint density at radius 2 is 1.77 bits per heavy atom.